The second-order valence-electron chi connectivity index (χ2n) is 4.62. The maximum absolute atomic E-state index is 12.0. The quantitative estimate of drug-likeness (QED) is 0.896. The Morgan fingerprint density at radius 2 is 2.11 bits per heavy atom. The van der Waals surface area contributed by atoms with E-state index in [0.717, 1.165) is 23.7 Å². The van der Waals surface area contributed by atoms with Gasteiger partial charge in [-0.2, -0.15) is 0 Å². The number of anilines is 1. The van der Waals surface area contributed by atoms with Crippen molar-refractivity contribution in [2.24, 2.45) is 0 Å². The predicted octanol–water partition coefficient (Wildman–Crippen LogP) is 3.16. The number of hydrogen-bond acceptors (Lipinski definition) is 2. The van der Waals surface area contributed by atoms with Crippen LogP contribution in [0.4, 0.5) is 10.5 Å². The van der Waals surface area contributed by atoms with E-state index in [9.17, 15) is 9.59 Å². The summed E-state index contributed by atoms with van der Waals surface area (Å²) in [5.41, 5.74) is 0.386. The average molecular weight is 327 g/mol. The molecule has 0 unspecified atom stereocenters. The smallest absolute Gasteiger partial charge is 0.337 e. The van der Waals surface area contributed by atoms with Gasteiger partial charge in [-0.05, 0) is 37.5 Å². The number of carbonyl (C=O) groups excluding carboxylic acids is 1. The fourth-order valence-corrected chi connectivity index (χ4v) is 2.31. The van der Waals surface area contributed by atoms with Gasteiger partial charge in [0.25, 0.3) is 0 Å². The summed E-state index contributed by atoms with van der Waals surface area (Å²) in [4.78, 5) is 24.8. The molecule has 1 aromatic carbocycles. The third-order valence-corrected chi connectivity index (χ3v) is 3.89. The van der Waals surface area contributed by atoms with Crippen LogP contribution in [0.1, 0.15) is 29.6 Å². The molecule has 5 nitrogen and oxygen atoms in total. The van der Waals surface area contributed by atoms with Gasteiger partial charge in [0.2, 0.25) is 0 Å². The Labute approximate surface area is 119 Å². The number of nitrogens with one attached hydrogen (secondary N) is 1. The summed E-state index contributed by atoms with van der Waals surface area (Å²) in [6.07, 6.45) is 3.15. The molecule has 0 aliphatic heterocycles. The van der Waals surface area contributed by atoms with E-state index in [1.165, 1.54) is 6.07 Å². The van der Waals surface area contributed by atoms with Crippen molar-refractivity contribution < 1.29 is 14.7 Å². The Morgan fingerprint density at radius 3 is 2.63 bits per heavy atom. The summed E-state index contributed by atoms with van der Waals surface area (Å²) in [6.45, 7) is 0. The first-order valence-electron chi connectivity index (χ1n) is 6.05. The highest BCUT2D eigenvalue weighted by Gasteiger charge is 2.26. The number of carboxylic acid groups (broad SMARTS) is 1. The lowest BCUT2D eigenvalue weighted by atomic mass is 9.92. The minimum absolute atomic E-state index is 0.0820. The number of amides is 2. The Kier molecular flexibility index (Phi) is 4.09. The van der Waals surface area contributed by atoms with Crippen LogP contribution < -0.4 is 5.32 Å². The van der Waals surface area contributed by atoms with Gasteiger partial charge >= 0.3 is 12.0 Å². The van der Waals surface area contributed by atoms with Crippen molar-refractivity contribution in [3.8, 4) is 0 Å². The van der Waals surface area contributed by atoms with Crippen molar-refractivity contribution in [3.63, 3.8) is 0 Å². The van der Waals surface area contributed by atoms with Crippen LogP contribution in [0.5, 0.6) is 0 Å². The summed E-state index contributed by atoms with van der Waals surface area (Å²) in [7, 11) is 1.73. The first-order chi connectivity index (χ1) is 8.99. The molecular weight excluding hydrogens is 312 g/mol. The predicted molar refractivity (Wildman–Crippen MR) is 75.5 cm³/mol. The van der Waals surface area contributed by atoms with E-state index in [1.807, 2.05) is 0 Å². The monoisotopic (exact) mass is 326 g/mol. The molecule has 1 fully saturated rings. The van der Waals surface area contributed by atoms with Crippen LogP contribution >= 0.6 is 15.9 Å². The van der Waals surface area contributed by atoms with Gasteiger partial charge in [0, 0.05) is 17.6 Å². The zero-order valence-electron chi connectivity index (χ0n) is 10.5. The van der Waals surface area contributed by atoms with Crippen LogP contribution in [0.2, 0.25) is 0 Å². The minimum atomic E-state index is -1.06. The lowest BCUT2D eigenvalue weighted by Gasteiger charge is -2.34. The summed E-state index contributed by atoms with van der Waals surface area (Å²) in [5, 5.41) is 11.8. The molecule has 0 aromatic heterocycles. The molecule has 2 rings (SSSR count). The number of carboxylic acids is 1. The van der Waals surface area contributed by atoms with E-state index in [-0.39, 0.29) is 17.6 Å². The van der Waals surface area contributed by atoms with Gasteiger partial charge in [0.1, 0.15) is 0 Å². The van der Waals surface area contributed by atoms with Crippen LogP contribution in [0.25, 0.3) is 0 Å². The van der Waals surface area contributed by atoms with Crippen molar-refractivity contribution >= 4 is 33.6 Å². The summed E-state index contributed by atoms with van der Waals surface area (Å²) in [6, 6.07) is 4.68. The molecule has 0 atom stereocenters. The molecular formula is C13H15BrN2O3. The Bertz CT molecular complexity index is 515. The fraction of sp³-hybridized carbons (Fsp3) is 0.385. The lowest BCUT2D eigenvalue weighted by molar-refractivity contribution is 0.0698. The first-order valence-corrected chi connectivity index (χ1v) is 6.85. The lowest BCUT2D eigenvalue weighted by Crippen LogP contribution is -2.43. The van der Waals surface area contributed by atoms with E-state index in [1.54, 1.807) is 24.1 Å². The molecule has 102 valence electrons. The molecule has 1 aliphatic rings. The summed E-state index contributed by atoms with van der Waals surface area (Å²) in [5.74, 6) is -1.06. The molecule has 0 bridgehead atoms. The third-order valence-electron chi connectivity index (χ3n) is 3.40. The van der Waals surface area contributed by atoms with Gasteiger partial charge < -0.3 is 15.3 Å². The van der Waals surface area contributed by atoms with Gasteiger partial charge in [-0.25, -0.2) is 9.59 Å². The van der Waals surface area contributed by atoms with Gasteiger partial charge in [0.15, 0.2) is 0 Å². The number of nitrogens with zero attached hydrogens (tertiary/aromatic N) is 1. The highest BCUT2D eigenvalue weighted by atomic mass is 79.9. The Balaban J connectivity index is 2.15. The van der Waals surface area contributed by atoms with Crippen LogP contribution in [0.15, 0.2) is 22.7 Å². The summed E-state index contributed by atoms with van der Waals surface area (Å²) >= 11 is 3.27. The molecule has 6 heteroatoms. The molecule has 19 heavy (non-hydrogen) atoms. The maximum atomic E-state index is 12.0. The van der Waals surface area contributed by atoms with E-state index in [0.29, 0.717) is 5.69 Å². The number of halogens is 1. The number of rotatable bonds is 3. The Hall–Kier alpha value is -1.56. The van der Waals surface area contributed by atoms with Crippen molar-refractivity contribution in [1.82, 2.24) is 4.90 Å². The van der Waals surface area contributed by atoms with Crippen molar-refractivity contribution in [2.75, 3.05) is 12.4 Å². The number of hydrogen-bond donors (Lipinski definition) is 2. The molecule has 1 aliphatic carbocycles. The highest BCUT2D eigenvalue weighted by Crippen LogP contribution is 2.26. The van der Waals surface area contributed by atoms with E-state index in [2.05, 4.69) is 21.2 Å². The molecule has 0 heterocycles. The van der Waals surface area contributed by atoms with Gasteiger partial charge in [-0.1, -0.05) is 15.9 Å². The van der Waals surface area contributed by atoms with E-state index >= 15 is 0 Å². The number of carbonyl (C=O) groups is 2. The molecule has 2 N–H and O–H groups in total. The fourth-order valence-electron chi connectivity index (χ4n) is 1.95. The largest absolute Gasteiger partial charge is 0.478 e. The molecule has 1 aromatic rings. The van der Waals surface area contributed by atoms with Gasteiger partial charge in [-0.15, -0.1) is 0 Å². The average Bonchev–Trinajstić information content (AvgIpc) is 2.26. The van der Waals surface area contributed by atoms with Gasteiger partial charge in [-0.3, -0.25) is 0 Å². The second kappa shape index (κ2) is 5.61. The topological polar surface area (TPSA) is 69.6 Å². The minimum Gasteiger partial charge on any atom is -0.478 e. The van der Waals surface area contributed by atoms with E-state index in [4.69, 9.17) is 5.11 Å². The standard InChI is InChI=1S/C13H15BrN2O3/c1-16(9-3-2-4-9)13(19)15-11-7-8(14)5-6-10(11)12(17)18/h5-7,9H,2-4H2,1H3,(H,15,19)(H,17,18). The van der Waals surface area contributed by atoms with Crippen molar-refractivity contribution in [2.45, 2.75) is 25.3 Å². The van der Waals surface area contributed by atoms with Crippen molar-refractivity contribution in [1.29, 1.82) is 0 Å². The molecule has 0 spiro atoms. The second-order valence-corrected chi connectivity index (χ2v) is 5.54. The van der Waals surface area contributed by atoms with E-state index < -0.39 is 5.97 Å². The number of urea groups is 1. The molecule has 0 radical (unpaired) electrons. The maximum Gasteiger partial charge on any atom is 0.337 e. The number of benzene rings is 1. The normalized spacial score (nSPS) is 14.6. The van der Waals surface area contributed by atoms with Gasteiger partial charge in [0.05, 0.1) is 11.3 Å². The van der Waals surface area contributed by atoms with Crippen LogP contribution in [0, 0.1) is 0 Å². The molecule has 1 saturated carbocycles. The third kappa shape index (κ3) is 3.07. The molecule has 0 saturated heterocycles. The number of aromatic carboxylic acids is 1. The zero-order valence-corrected chi connectivity index (χ0v) is 12.1. The zero-order chi connectivity index (χ0) is 14.0. The molecule has 2 amide bonds. The first kappa shape index (κ1) is 13.9. The van der Waals surface area contributed by atoms with Crippen LogP contribution in [-0.2, 0) is 0 Å². The summed E-state index contributed by atoms with van der Waals surface area (Å²) < 4.78 is 0.721. The highest BCUT2D eigenvalue weighted by molar-refractivity contribution is 9.10. The van der Waals surface area contributed by atoms with Crippen molar-refractivity contribution in [3.05, 3.63) is 28.2 Å². The van der Waals surface area contributed by atoms with Crippen LogP contribution in [-0.4, -0.2) is 35.1 Å². The SMILES string of the molecule is CN(C(=O)Nc1cc(Br)ccc1C(=O)O)C1CCC1. The Morgan fingerprint density at radius 1 is 1.42 bits per heavy atom. The van der Waals surface area contributed by atoms with Crippen LogP contribution in [0.3, 0.4) is 0 Å².